The Balaban J connectivity index is 1.98. The molecule has 1 aromatic heterocycles. The highest BCUT2D eigenvalue weighted by Crippen LogP contribution is 2.17. The number of hydrogen-bond donors (Lipinski definition) is 1. The van der Waals surface area contributed by atoms with Crippen molar-refractivity contribution in [2.45, 2.75) is 33.2 Å². The zero-order chi connectivity index (χ0) is 15.2. The van der Waals surface area contributed by atoms with Crippen molar-refractivity contribution in [2.24, 2.45) is 0 Å². The Bertz CT molecular complexity index is 483. The van der Waals surface area contributed by atoms with E-state index in [0.717, 1.165) is 50.4 Å². The average molecular weight is 290 g/mol. The van der Waals surface area contributed by atoms with Crippen LogP contribution in [-0.4, -0.2) is 49.0 Å². The first-order chi connectivity index (χ1) is 10.1. The number of aromatic nitrogens is 1. The van der Waals surface area contributed by atoms with E-state index < -0.39 is 0 Å². The largest absolute Gasteiger partial charge is 0.350 e. The van der Waals surface area contributed by atoms with Crippen LogP contribution in [0.3, 0.4) is 0 Å². The first-order valence-corrected chi connectivity index (χ1v) is 7.77. The Morgan fingerprint density at radius 1 is 1.43 bits per heavy atom. The first kappa shape index (κ1) is 15.8. The predicted octanol–water partition coefficient (Wildman–Crippen LogP) is 1.56. The molecule has 2 heterocycles. The summed E-state index contributed by atoms with van der Waals surface area (Å²) in [6.45, 7) is 8.13. The second kappa shape index (κ2) is 7.41. The molecule has 116 valence electrons. The van der Waals surface area contributed by atoms with E-state index in [0.29, 0.717) is 6.54 Å². The van der Waals surface area contributed by atoms with E-state index in [1.807, 2.05) is 23.0 Å². The molecule has 1 aliphatic heterocycles. The van der Waals surface area contributed by atoms with Crippen LogP contribution in [0.5, 0.6) is 0 Å². The van der Waals surface area contributed by atoms with Crippen LogP contribution in [0.2, 0.25) is 0 Å². The van der Waals surface area contributed by atoms with E-state index in [1.54, 1.807) is 0 Å². The minimum Gasteiger partial charge on any atom is -0.350 e. The molecule has 0 radical (unpaired) electrons. The highest BCUT2D eigenvalue weighted by molar-refractivity contribution is 5.81. The van der Waals surface area contributed by atoms with Crippen LogP contribution in [0.1, 0.15) is 30.9 Å². The second-order valence-electron chi connectivity index (χ2n) is 5.71. The van der Waals surface area contributed by atoms with Crippen LogP contribution in [0.25, 0.3) is 0 Å². The van der Waals surface area contributed by atoms with Crippen LogP contribution >= 0.6 is 0 Å². The average Bonchev–Trinajstić information content (AvgIpc) is 2.99. The number of carbonyl (C=O) groups is 1. The number of nitrogens with zero attached hydrogens (tertiary/aromatic N) is 3. The smallest absolute Gasteiger partial charge is 0.242 e. The lowest BCUT2D eigenvalue weighted by Crippen LogP contribution is -2.37. The SMILES string of the molecule is CCNCc1cnc(N(C)CC(=O)N2CCCC2)c(C)c1. The van der Waals surface area contributed by atoms with Crippen LogP contribution < -0.4 is 10.2 Å². The van der Waals surface area contributed by atoms with Crippen molar-refractivity contribution in [2.75, 3.05) is 38.1 Å². The van der Waals surface area contributed by atoms with Gasteiger partial charge in [0.15, 0.2) is 0 Å². The Morgan fingerprint density at radius 3 is 2.76 bits per heavy atom. The standard InChI is InChI=1S/C16H26N4O/c1-4-17-10-14-9-13(2)16(18-11-14)19(3)12-15(21)20-7-5-6-8-20/h9,11,17H,4-8,10,12H2,1-3H3. The van der Waals surface area contributed by atoms with Gasteiger partial charge in [0, 0.05) is 32.9 Å². The van der Waals surface area contributed by atoms with E-state index in [1.165, 1.54) is 5.56 Å². The van der Waals surface area contributed by atoms with Gasteiger partial charge < -0.3 is 15.1 Å². The van der Waals surface area contributed by atoms with E-state index in [-0.39, 0.29) is 5.91 Å². The van der Waals surface area contributed by atoms with E-state index in [4.69, 9.17) is 0 Å². The van der Waals surface area contributed by atoms with E-state index >= 15 is 0 Å². The van der Waals surface area contributed by atoms with Gasteiger partial charge in [-0.2, -0.15) is 0 Å². The van der Waals surface area contributed by atoms with Gasteiger partial charge in [0.2, 0.25) is 5.91 Å². The van der Waals surface area contributed by atoms with Gasteiger partial charge in [0.25, 0.3) is 0 Å². The second-order valence-corrected chi connectivity index (χ2v) is 5.71. The minimum atomic E-state index is 0.202. The third-order valence-electron chi connectivity index (χ3n) is 3.88. The summed E-state index contributed by atoms with van der Waals surface area (Å²) in [4.78, 5) is 20.6. The third kappa shape index (κ3) is 4.17. The Labute approximate surface area is 127 Å². The predicted molar refractivity (Wildman–Crippen MR) is 85.4 cm³/mol. The van der Waals surface area contributed by atoms with Crippen LogP contribution in [0.4, 0.5) is 5.82 Å². The molecular formula is C16H26N4O. The lowest BCUT2D eigenvalue weighted by molar-refractivity contribution is -0.128. The van der Waals surface area contributed by atoms with Gasteiger partial charge in [-0.1, -0.05) is 6.92 Å². The zero-order valence-corrected chi connectivity index (χ0v) is 13.4. The molecule has 1 amide bonds. The van der Waals surface area contributed by atoms with Gasteiger partial charge in [-0.25, -0.2) is 4.98 Å². The van der Waals surface area contributed by atoms with Crippen LogP contribution in [0.15, 0.2) is 12.3 Å². The summed E-state index contributed by atoms with van der Waals surface area (Å²) in [5.74, 6) is 1.09. The van der Waals surface area contributed by atoms with Gasteiger partial charge in [-0.05, 0) is 43.5 Å². The van der Waals surface area contributed by atoms with Crippen molar-refractivity contribution in [1.29, 1.82) is 0 Å². The Kier molecular flexibility index (Phi) is 5.56. The van der Waals surface area contributed by atoms with Crippen molar-refractivity contribution in [3.05, 3.63) is 23.4 Å². The number of likely N-dealkylation sites (N-methyl/N-ethyl adjacent to an activating group) is 1. The van der Waals surface area contributed by atoms with Crippen molar-refractivity contribution in [3.63, 3.8) is 0 Å². The molecule has 1 saturated heterocycles. The summed E-state index contributed by atoms with van der Waals surface area (Å²) in [6, 6.07) is 2.14. The zero-order valence-electron chi connectivity index (χ0n) is 13.4. The molecule has 0 saturated carbocycles. The Hall–Kier alpha value is -1.62. The number of amides is 1. The monoisotopic (exact) mass is 290 g/mol. The maximum absolute atomic E-state index is 12.2. The highest BCUT2D eigenvalue weighted by atomic mass is 16.2. The summed E-state index contributed by atoms with van der Waals surface area (Å²) in [7, 11) is 1.94. The summed E-state index contributed by atoms with van der Waals surface area (Å²) in [5.41, 5.74) is 2.29. The molecule has 21 heavy (non-hydrogen) atoms. The molecule has 1 N–H and O–H groups in total. The summed E-state index contributed by atoms with van der Waals surface area (Å²) >= 11 is 0. The number of pyridine rings is 1. The van der Waals surface area contributed by atoms with E-state index in [2.05, 4.69) is 30.2 Å². The molecular weight excluding hydrogens is 264 g/mol. The van der Waals surface area contributed by atoms with Gasteiger partial charge in [-0.3, -0.25) is 4.79 Å². The molecule has 1 fully saturated rings. The molecule has 5 heteroatoms. The van der Waals surface area contributed by atoms with Crippen molar-refractivity contribution < 1.29 is 4.79 Å². The topological polar surface area (TPSA) is 48.5 Å². The Morgan fingerprint density at radius 2 is 2.14 bits per heavy atom. The van der Waals surface area contributed by atoms with Crippen LogP contribution in [-0.2, 0) is 11.3 Å². The number of carbonyl (C=O) groups excluding carboxylic acids is 1. The number of nitrogens with one attached hydrogen (secondary N) is 1. The van der Waals surface area contributed by atoms with Gasteiger partial charge in [0.1, 0.15) is 5.82 Å². The summed E-state index contributed by atoms with van der Waals surface area (Å²) < 4.78 is 0. The lowest BCUT2D eigenvalue weighted by atomic mass is 10.2. The highest BCUT2D eigenvalue weighted by Gasteiger charge is 2.20. The molecule has 1 aliphatic rings. The van der Waals surface area contributed by atoms with Crippen LogP contribution in [0, 0.1) is 6.92 Å². The number of aryl methyl sites for hydroxylation is 1. The number of rotatable bonds is 6. The maximum Gasteiger partial charge on any atom is 0.242 e. The summed E-state index contributed by atoms with van der Waals surface area (Å²) in [6.07, 6.45) is 4.15. The molecule has 0 aliphatic carbocycles. The molecule has 0 aromatic carbocycles. The quantitative estimate of drug-likeness (QED) is 0.864. The molecule has 0 spiro atoms. The minimum absolute atomic E-state index is 0.202. The van der Waals surface area contributed by atoms with Gasteiger partial charge >= 0.3 is 0 Å². The van der Waals surface area contributed by atoms with Crippen molar-refractivity contribution in [1.82, 2.24) is 15.2 Å². The summed E-state index contributed by atoms with van der Waals surface area (Å²) in [5, 5.41) is 3.30. The molecule has 0 unspecified atom stereocenters. The third-order valence-corrected chi connectivity index (χ3v) is 3.88. The molecule has 0 atom stereocenters. The number of anilines is 1. The van der Waals surface area contributed by atoms with Gasteiger partial charge in [0.05, 0.1) is 6.54 Å². The fourth-order valence-electron chi connectivity index (χ4n) is 2.74. The molecule has 0 bridgehead atoms. The van der Waals surface area contributed by atoms with Gasteiger partial charge in [-0.15, -0.1) is 0 Å². The molecule has 1 aromatic rings. The van der Waals surface area contributed by atoms with Crippen molar-refractivity contribution in [3.8, 4) is 0 Å². The normalized spacial score (nSPS) is 14.5. The first-order valence-electron chi connectivity index (χ1n) is 7.77. The molecule has 5 nitrogen and oxygen atoms in total. The number of hydrogen-bond acceptors (Lipinski definition) is 4. The van der Waals surface area contributed by atoms with Crippen molar-refractivity contribution >= 4 is 11.7 Å². The van der Waals surface area contributed by atoms with E-state index in [9.17, 15) is 4.79 Å². The lowest BCUT2D eigenvalue weighted by Gasteiger charge is -2.23. The fourth-order valence-corrected chi connectivity index (χ4v) is 2.74. The maximum atomic E-state index is 12.2. The molecule has 2 rings (SSSR count). The fraction of sp³-hybridized carbons (Fsp3) is 0.625. The number of likely N-dealkylation sites (tertiary alicyclic amines) is 1.